The lowest BCUT2D eigenvalue weighted by atomic mass is 10.2. The molecule has 16 heavy (non-hydrogen) atoms. The van der Waals surface area contributed by atoms with Crippen LogP contribution in [0.5, 0.6) is 0 Å². The third-order valence-electron chi connectivity index (χ3n) is 3.41. The first-order valence-corrected chi connectivity index (χ1v) is 8.85. The van der Waals surface area contributed by atoms with E-state index in [0.29, 0.717) is 5.04 Å². The molecule has 1 N–H and O–H groups in total. The monoisotopic (exact) mass is 240 g/mol. The number of aromatic amines is 1. The summed E-state index contributed by atoms with van der Waals surface area (Å²) in [6.45, 7) is 12.3. The quantitative estimate of drug-likeness (QED) is 0.633. The summed E-state index contributed by atoms with van der Waals surface area (Å²) in [6, 6.07) is 0. The number of aryl methyl sites for hydroxylation is 1. The molecule has 0 aliphatic carbocycles. The Labute approximate surface area is 99.8 Å². The summed E-state index contributed by atoms with van der Waals surface area (Å²) < 4.78 is 6.10. The van der Waals surface area contributed by atoms with Crippen molar-refractivity contribution >= 4 is 8.32 Å². The lowest BCUT2D eigenvalue weighted by molar-refractivity contribution is 0.282. The zero-order valence-corrected chi connectivity index (χ0v) is 12.1. The SMILES string of the molecule is CC(C)(C)[Si](C)(C)OCCCc1cnc[nH]1. The number of hydrogen-bond acceptors (Lipinski definition) is 2. The minimum absolute atomic E-state index is 0.307. The van der Waals surface area contributed by atoms with Crippen molar-refractivity contribution in [3.05, 3.63) is 18.2 Å². The van der Waals surface area contributed by atoms with Gasteiger partial charge >= 0.3 is 0 Å². The van der Waals surface area contributed by atoms with Crippen molar-refractivity contribution in [2.75, 3.05) is 6.61 Å². The molecule has 0 radical (unpaired) electrons. The molecule has 0 saturated heterocycles. The van der Waals surface area contributed by atoms with E-state index in [9.17, 15) is 0 Å². The van der Waals surface area contributed by atoms with E-state index in [1.165, 1.54) is 5.69 Å². The molecule has 4 heteroatoms. The molecule has 0 amide bonds. The van der Waals surface area contributed by atoms with E-state index in [-0.39, 0.29) is 0 Å². The number of nitrogens with one attached hydrogen (secondary N) is 1. The molecular weight excluding hydrogens is 216 g/mol. The van der Waals surface area contributed by atoms with Gasteiger partial charge in [0.15, 0.2) is 8.32 Å². The lowest BCUT2D eigenvalue weighted by Crippen LogP contribution is -2.41. The van der Waals surface area contributed by atoms with Crippen LogP contribution in [0.3, 0.4) is 0 Å². The van der Waals surface area contributed by atoms with Crippen LogP contribution in [0.2, 0.25) is 18.1 Å². The maximum absolute atomic E-state index is 6.10. The van der Waals surface area contributed by atoms with E-state index in [1.54, 1.807) is 6.33 Å². The maximum Gasteiger partial charge on any atom is 0.191 e. The lowest BCUT2D eigenvalue weighted by Gasteiger charge is -2.36. The van der Waals surface area contributed by atoms with Crippen molar-refractivity contribution in [1.82, 2.24) is 9.97 Å². The Morgan fingerprint density at radius 1 is 1.38 bits per heavy atom. The molecule has 0 aromatic carbocycles. The third-order valence-corrected chi connectivity index (χ3v) is 7.95. The van der Waals surface area contributed by atoms with Gasteiger partial charge in [-0.3, -0.25) is 0 Å². The first kappa shape index (κ1) is 13.5. The van der Waals surface area contributed by atoms with Crippen molar-refractivity contribution < 1.29 is 4.43 Å². The number of nitrogens with zero attached hydrogens (tertiary/aromatic N) is 1. The summed E-state index contributed by atoms with van der Waals surface area (Å²) in [4.78, 5) is 7.11. The van der Waals surface area contributed by atoms with E-state index in [4.69, 9.17) is 4.43 Å². The topological polar surface area (TPSA) is 37.9 Å². The Kier molecular flexibility index (Phi) is 4.33. The molecule has 0 saturated carbocycles. The van der Waals surface area contributed by atoms with E-state index < -0.39 is 8.32 Å². The number of rotatable bonds is 5. The summed E-state index contributed by atoms with van der Waals surface area (Å²) in [6.07, 6.45) is 5.69. The van der Waals surface area contributed by atoms with Crippen LogP contribution in [0.1, 0.15) is 32.9 Å². The molecule has 0 aliphatic rings. The number of H-pyrrole nitrogens is 1. The first-order valence-electron chi connectivity index (χ1n) is 5.94. The van der Waals surface area contributed by atoms with E-state index in [1.807, 2.05) is 6.20 Å². The van der Waals surface area contributed by atoms with Crippen LogP contribution < -0.4 is 0 Å². The Balaban J connectivity index is 2.25. The molecule has 3 nitrogen and oxygen atoms in total. The highest BCUT2D eigenvalue weighted by molar-refractivity contribution is 6.74. The van der Waals surface area contributed by atoms with Crippen LogP contribution in [0.15, 0.2) is 12.5 Å². The Bertz CT molecular complexity index is 301. The summed E-state index contributed by atoms with van der Waals surface area (Å²) in [5.41, 5.74) is 1.19. The fraction of sp³-hybridized carbons (Fsp3) is 0.750. The number of hydrogen-bond donors (Lipinski definition) is 1. The van der Waals surface area contributed by atoms with Crippen LogP contribution in [0.25, 0.3) is 0 Å². The van der Waals surface area contributed by atoms with Gasteiger partial charge in [-0.2, -0.15) is 0 Å². The molecule has 0 bridgehead atoms. The van der Waals surface area contributed by atoms with E-state index in [2.05, 4.69) is 43.8 Å². The Morgan fingerprint density at radius 3 is 2.56 bits per heavy atom. The molecular formula is C12H24N2OSi. The highest BCUT2D eigenvalue weighted by Crippen LogP contribution is 2.36. The van der Waals surface area contributed by atoms with Crippen molar-refractivity contribution in [2.24, 2.45) is 0 Å². The van der Waals surface area contributed by atoms with Gasteiger partial charge in [-0.15, -0.1) is 0 Å². The smallest absolute Gasteiger partial charge is 0.191 e. The van der Waals surface area contributed by atoms with Gasteiger partial charge in [0.05, 0.1) is 6.33 Å². The molecule has 0 unspecified atom stereocenters. The van der Waals surface area contributed by atoms with Crippen LogP contribution >= 0.6 is 0 Å². The van der Waals surface area contributed by atoms with Gasteiger partial charge in [0.25, 0.3) is 0 Å². The average molecular weight is 240 g/mol. The molecule has 0 atom stereocenters. The largest absolute Gasteiger partial charge is 0.417 e. The van der Waals surface area contributed by atoms with Crippen molar-refractivity contribution in [1.29, 1.82) is 0 Å². The second-order valence-corrected chi connectivity index (χ2v) is 10.6. The Morgan fingerprint density at radius 2 is 2.06 bits per heavy atom. The van der Waals surface area contributed by atoms with Gasteiger partial charge in [0.1, 0.15) is 0 Å². The molecule has 1 rings (SSSR count). The maximum atomic E-state index is 6.10. The first-order chi connectivity index (χ1) is 7.33. The van der Waals surface area contributed by atoms with Crippen molar-refractivity contribution in [3.63, 3.8) is 0 Å². The van der Waals surface area contributed by atoms with E-state index in [0.717, 1.165) is 19.4 Å². The zero-order valence-electron chi connectivity index (χ0n) is 11.1. The molecule has 1 aromatic heterocycles. The van der Waals surface area contributed by atoms with E-state index >= 15 is 0 Å². The summed E-state index contributed by atoms with van der Waals surface area (Å²) in [7, 11) is -1.55. The average Bonchev–Trinajstić information content (AvgIpc) is 2.63. The minimum Gasteiger partial charge on any atom is -0.417 e. The summed E-state index contributed by atoms with van der Waals surface area (Å²) in [5.74, 6) is 0. The van der Waals surface area contributed by atoms with Crippen LogP contribution in [-0.4, -0.2) is 24.9 Å². The second kappa shape index (κ2) is 5.14. The third kappa shape index (κ3) is 3.76. The predicted octanol–water partition coefficient (Wildman–Crippen LogP) is 3.36. The summed E-state index contributed by atoms with van der Waals surface area (Å²) >= 11 is 0. The molecule has 0 spiro atoms. The van der Waals surface area contributed by atoms with Crippen LogP contribution in [0.4, 0.5) is 0 Å². The summed E-state index contributed by atoms with van der Waals surface area (Å²) in [5, 5.41) is 0.307. The van der Waals surface area contributed by atoms with Crippen molar-refractivity contribution in [2.45, 2.75) is 51.7 Å². The molecule has 92 valence electrons. The standard InChI is InChI=1S/C12H24N2OSi/c1-12(2,3)16(4,5)15-8-6-7-11-9-13-10-14-11/h9-10H,6-8H2,1-5H3,(H,13,14). The molecule has 0 fully saturated rings. The molecule has 1 aromatic rings. The fourth-order valence-electron chi connectivity index (χ4n) is 1.23. The highest BCUT2D eigenvalue weighted by atomic mass is 28.4. The van der Waals surface area contributed by atoms with Crippen LogP contribution in [0, 0.1) is 0 Å². The highest BCUT2D eigenvalue weighted by Gasteiger charge is 2.36. The Hall–Kier alpha value is -0.613. The zero-order chi connectivity index (χ0) is 12.2. The molecule has 0 aliphatic heterocycles. The number of aromatic nitrogens is 2. The minimum atomic E-state index is -1.55. The van der Waals surface area contributed by atoms with Gasteiger partial charge < -0.3 is 9.41 Å². The van der Waals surface area contributed by atoms with Gasteiger partial charge in [-0.05, 0) is 31.0 Å². The predicted molar refractivity (Wildman–Crippen MR) is 70.1 cm³/mol. The molecule has 1 heterocycles. The van der Waals surface area contributed by atoms with Gasteiger partial charge in [0.2, 0.25) is 0 Å². The van der Waals surface area contributed by atoms with Crippen LogP contribution in [-0.2, 0) is 10.8 Å². The van der Waals surface area contributed by atoms with Gasteiger partial charge in [0, 0.05) is 18.5 Å². The van der Waals surface area contributed by atoms with Gasteiger partial charge in [-0.1, -0.05) is 20.8 Å². The van der Waals surface area contributed by atoms with Gasteiger partial charge in [-0.25, -0.2) is 4.98 Å². The fourth-order valence-corrected chi connectivity index (χ4v) is 2.32. The normalized spacial score (nSPS) is 13.1. The van der Waals surface area contributed by atoms with Crippen molar-refractivity contribution in [3.8, 4) is 0 Å². The second-order valence-electron chi connectivity index (χ2n) is 5.79. The number of imidazole rings is 1.